The highest BCUT2D eigenvalue weighted by Gasteiger charge is 2.16. The van der Waals surface area contributed by atoms with Crippen LogP contribution in [0.2, 0.25) is 0 Å². The first kappa shape index (κ1) is 10.1. The Kier molecular flexibility index (Phi) is 2.42. The van der Waals surface area contributed by atoms with Crippen molar-refractivity contribution in [2.75, 3.05) is 31.1 Å². The van der Waals surface area contributed by atoms with Crippen LogP contribution in [0.25, 0.3) is 11.1 Å². The third kappa shape index (κ3) is 1.83. The van der Waals surface area contributed by atoms with Crippen LogP contribution in [-0.2, 0) is 0 Å². The van der Waals surface area contributed by atoms with E-state index in [1.807, 2.05) is 6.07 Å². The van der Waals surface area contributed by atoms with E-state index in [-0.39, 0.29) is 0 Å². The van der Waals surface area contributed by atoms with Crippen LogP contribution in [-0.4, -0.2) is 31.2 Å². The van der Waals surface area contributed by atoms with Gasteiger partial charge >= 0.3 is 0 Å². The zero-order valence-corrected chi connectivity index (χ0v) is 9.31. The van der Waals surface area contributed by atoms with Crippen LogP contribution in [0, 0.1) is 11.3 Å². The van der Waals surface area contributed by atoms with Crippen molar-refractivity contribution in [1.82, 2.24) is 10.3 Å². The highest BCUT2D eigenvalue weighted by Crippen LogP contribution is 2.22. The fraction of sp³-hybridized carbons (Fsp3) is 0.333. The highest BCUT2D eigenvalue weighted by molar-refractivity contribution is 5.76. The first-order valence-corrected chi connectivity index (χ1v) is 5.63. The molecule has 5 heteroatoms. The Morgan fingerprint density at radius 1 is 1.35 bits per heavy atom. The van der Waals surface area contributed by atoms with Crippen LogP contribution in [0.4, 0.5) is 6.01 Å². The lowest BCUT2D eigenvalue weighted by Crippen LogP contribution is -2.43. The lowest BCUT2D eigenvalue weighted by molar-refractivity contribution is 0.517. The Hall–Kier alpha value is -2.06. The first-order chi connectivity index (χ1) is 8.36. The summed E-state index contributed by atoms with van der Waals surface area (Å²) >= 11 is 0. The Labute approximate surface area is 98.6 Å². The van der Waals surface area contributed by atoms with Crippen LogP contribution in [0.1, 0.15) is 5.56 Å². The summed E-state index contributed by atoms with van der Waals surface area (Å²) < 4.78 is 5.69. The lowest BCUT2D eigenvalue weighted by Gasteiger charge is -2.25. The minimum atomic E-state index is 0.598. The predicted molar refractivity (Wildman–Crippen MR) is 63.8 cm³/mol. The first-order valence-electron chi connectivity index (χ1n) is 5.63. The summed E-state index contributed by atoms with van der Waals surface area (Å²) in [5, 5.41) is 12.1. The maximum absolute atomic E-state index is 8.82. The number of piperazine rings is 1. The number of nitrogens with zero attached hydrogens (tertiary/aromatic N) is 3. The smallest absolute Gasteiger partial charge is 0.298 e. The van der Waals surface area contributed by atoms with Gasteiger partial charge in [-0.25, -0.2) is 0 Å². The topological polar surface area (TPSA) is 65.1 Å². The zero-order chi connectivity index (χ0) is 11.7. The number of aromatic nitrogens is 1. The average molecular weight is 228 g/mol. The molecule has 17 heavy (non-hydrogen) atoms. The second-order valence-electron chi connectivity index (χ2n) is 4.03. The van der Waals surface area contributed by atoms with E-state index < -0.39 is 0 Å². The monoisotopic (exact) mass is 228 g/mol. The Morgan fingerprint density at radius 2 is 2.18 bits per heavy atom. The van der Waals surface area contributed by atoms with E-state index in [1.165, 1.54) is 0 Å². The molecule has 0 aliphatic carbocycles. The number of hydrogen-bond acceptors (Lipinski definition) is 5. The molecule has 3 rings (SSSR count). The standard InChI is InChI=1S/C12H12N4O/c13-8-9-1-2-10-11(7-9)17-12(15-10)16-5-3-14-4-6-16/h1-2,7,14H,3-6H2. The van der Waals surface area contributed by atoms with Gasteiger partial charge in [0.05, 0.1) is 11.6 Å². The quantitative estimate of drug-likeness (QED) is 0.792. The van der Waals surface area contributed by atoms with E-state index in [2.05, 4.69) is 21.3 Å². The summed E-state index contributed by atoms with van der Waals surface area (Å²) in [6.07, 6.45) is 0. The summed E-state index contributed by atoms with van der Waals surface area (Å²) in [5.74, 6) is 0. The molecule has 0 radical (unpaired) electrons. The molecule has 1 aliphatic heterocycles. The predicted octanol–water partition coefficient (Wildman–Crippen LogP) is 1.11. The summed E-state index contributed by atoms with van der Waals surface area (Å²) in [6.45, 7) is 3.69. The van der Waals surface area contributed by atoms with Crippen LogP contribution < -0.4 is 10.2 Å². The van der Waals surface area contributed by atoms with Gasteiger partial charge in [0.15, 0.2) is 5.58 Å². The number of nitriles is 1. The molecule has 0 spiro atoms. The normalized spacial score (nSPS) is 16.1. The van der Waals surface area contributed by atoms with Gasteiger partial charge in [-0.3, -0.25) is 0 Å². The van der Waals surface area contributed by atoms with Gasteiger partial charge in [0.1, 0.15) is 5.52 Å². The second kappa shape index (κ2) is 4.07. The van der Waals surface area contributed by atoms with Crippen LogP contribution >= 0.6 is 0 Å². The van der Waals surface area contributed by atoms with Gasteiger partial charge in [-0.05, 0) is 12.1 Å². The van der Waals surface area contributed by atoms with Gasteiger partial charge in [-0.1, -0.05) is 0 Å². The Balaban J connectivity index is 1.98. The lowest BCUT2D eigenvalue weighted by atomic mass is 10.2. The van der Waals surface area contributed by atoms with Crippen LogP contribution in [0.3, 0.4) is 0 Å². The van der Waals surface area contributed by atoms with E-state index in [1.54, 1.807) is 12.1 Å². The molecule has 1 aromatic heterocycles. The van der Waals surface area contributed by atoms with E-state index in [9.17, 15) is 0 Å². The summed E-state index contributed by atoms with van der Waals surface area (Å²) in [6, 6.07) is 8.06. The molecular weight excluding hydrogens is 216 g/mol. The van der Waals surface area contributed by atoms with Crippen molar-refractivity contribution in [3.63, 3.8) is 0 Å². The molecule has 5 nitrogen and oxygen atoms in total. The van der Waals surface area contributed by atoms with Gasteiger partial charge < -0.3 is 14.6 Å². The van der Waals surface area contributed by atoms with Gasteiger partial charge in [0.2, 0.25) is 0 Å². The van der Waals surface area contributed by atoms with E-state index in [0.717, 1.165) is 31.7 Å². The number of nitrogens with one attached hydrogen (secondary N) is 1. The van der Waals surface area contributed by atoms with Crippen LogP contribution in [0.15, 0.2) is 22.6 Å². The number of hydrogen-bond donors (Lipinski definition) is 1. The number of fused-ring (bicyclic) bond motifs is 1. The van der Waals surface area contributed by atoms with Gasteiger partial charge in [-0.15, -0.1) is 0 Å². The minimum absolute atomic E-state index is 0.598. The van der Waals surface area contributed by atoms with Crippen molar-refractivity contribution in [3.05, 3.63) is 23.8 Å². The summed E-state index contributed by atoms with van der Waals surface area (Å²) in [4.78, 5) is 6.55. The van der Waals surface area contributed by atoms with Crippen molar-refractivity contribution in [3.8, 4) is 6.07 Å². The third-order valence-corrected chi connectivity index (χ3v) is 2.89. The minimum Gasteiger partial charge on any atom is -0.423 e. The number of rotatable bonds is 1. The molecule has 2 heterocycles. The molecule has 0 saturated carbocycles. The molecule has 86 valence electrons. The number of oxazole rings is 1. The summed E-state index contributed by atoms with van der Waals surface area (Å²) in [5.41, 5.74) is 2.08. The highest BCUT2D eigenvalue weighted by atomic mass is 16.4. The Morgan fingerprint density at radius 3 is 2.94 bits per heavy atom. The van der Waals surface area contributed by atoms with Crippen molar-refractivity contribution in [1.29, 1.82) is 5.26 Å². The maximum atomic E-state index is 8.82. The van der Waals surface area contributed by atoms with Gasteiger partial charge in [-0.2, -0.15) is 10.2 Å². The number of anilines is 1. The molecular formula is C12H12N4O. The second-order valence-corrected chi connectivity index (χ2v) is 4.03. The molecule has 1 saturated heterocycles. The van der Waals surface area contributed by atoms with Gasteiger partial charge in [0, 0.05) is 32.2 Å². The molecule has 1 fully saturated rings. The zero-order valence-electron chi connectivity index (χ0n) is 9.31. The third-order valence-electron chi connectivity index (χ3n) is 2.89. The van der Waals surface area contributed by atoms with Crippen molar-refractivity contribution >= 4 is 17.1 Å². The van der Waals surface area contributed by atoms with E-state index >= 15 is 0 Å². The molecule has 0 amide bonds. The van der Waals surface area contributed by atoms with Crippen molar-refractivity contribution in [2.24, 2.45) is 0 Å². The summed E-state index contributed by atoms with van der Waals surface area (Å²) in [7, 11) is 0. The van der Waals surface area contributed by atoms with Crippen LogP contribution in [0.5, 0.6) is 0 Å². The molecule has 0 unspecified atom stereocenters. The van der Waals surface area contributed by atoms with Crippen molar-refractivity contribution < 1.29 is 4.42 Å². The molecule has 2 aromatic rings. The van der Waals surface area contributed by atoms with E-state index in [0.29, 0.717) is 17.2 Å². The molecule has 0 bridgehead atoms. The SMILES string of the molecule is N#Cc1ccc2nc(N3CCNCC3)oc2c1. The van der Waals surface area contributed by atoms with Crippen molar-refractivity contribution in [2.45, 2.75) is 0 Å². The largest absolute Gasteiger partial charge is 0.423 e. The Bertz CT molecular complexity index is 578. The molecule has 1 aliphatic rings. The molecule has 1 N–H and O–H groups in total. The molecule has 1 aromatic carbocycles. The maximum Gasteiger partial charge on any atom is 0.298 e. The van der Waals surface area contributed by atoms with Gasteiger partial charge in [0.25, 0.3) is 6.01 Å². The molecule has 0 atom stereocenters. The average Bonchev–Trinajstić information content (AvgIpc) is 2.82. The van der Waals surface area contributed by atoms with E-state index in [4.69, 9.17) is 9.68 Å². The fourth-order valence-corrected chi connectivity index (χ4v) is 1.97. The number of benzene rings is 1. The fourth-order valence-electron chi connectivity index (χ4n) is 1.97.